The van der Waals surface area contributed by atoms with Crippen molar-refractivity contribution in [3.8, 4) is 5.75 Å². The minimum absolute atomic E-state index is 0.316. The van der Waals surface area contributed by atoms with Crippen LogP contribution < -0.4 is 10.1 Å². The molecule has 0 fully saturated rings. The maximum atomic E-state index is 12.0. The summed E-state index contributed by atoms with van der Waals surface area (Å²) in [6.45, 7) is 2.70. The number of unbranched alkanes of at least 4 members (excludes halogenated alkanes) is 2. The molecule has 1 aromatic carbocycles. The highest BCUT2D eigenvalue weighted by molar-refractivity contribution is 7.10. The molecule has 0 atom stereocenters. The molecule has 1 N–H and O–H groups in total. The molecule has 0 aliphatic carbocycles. The number of aromatic nitrogens is 4. The topological polar surface area (TPSA) is 81.4 Å². The quantitative estimate of drug-likeness (QED) is 0.380. The van der Waals surface area contributed by atoms with Crippen LogP contribution in [0.2, 0.25) is 0 Å². The molecule has 156 valence electrons. The first kappa shape index (κ1) is 20.3. The largest absolute Gasteiger partial charge is 0.497 e. The van der Waals surface area contributed by atoms with Crippen molar-refractivity contribution >= 4 is 39.6 Å². The van der Waals surface area contributed by atoms with E-state index in [1.54, 1.807) is 18.4 Å². The standard InChI is InChI=1S/C22H25N5O2S/c1-15-25-26-22-21(24-19-14-17(29-2)9-10-20(19)27(15)22)23-11-5-3-4-7-16(28)13-18-8-6-12-30-18/h6,8-10,12,14H,3-5,7,11,13H2,1-2H3,(H,23,24). The molecule has 0 saturated carbocycles. The Labute approximate surface area is 179 Å². The summed E-state index contributed by atoms with van der Waals surface area (Å²) in [6, 6.07) is 9.81. The Morgan fingerprint density at radius 3 is 2.90 bits per heavy atom. The van der Waals surface area contributed by atoms with E-state index in [9.17, 15) is 4.79 Å². The van der Waals surface area contributed by atoms with Gasteiger partial charge in [-0.25, -0.2) is 4.98 Å². The van der Waals surface area contributed by atoms with Gasteiger partial charge in [-0.05, 0) is 43.3 Å². The summed E-state index contributed by atoms with van der Waals surface area (Å²) < 4.78 is 7.34. The second-order valence-corrected chi connectivity index (χ2v) is 8.29. The summed E-state index contributed by atoms with van der Waals surface area (Å²) in [5.74, 6) is 2.61. The van der Waals surface area contributed by atoms with Crippen molar-refractivity contribution in [3.63, 3.8) is 0 Å². The van der Waals surface area contributed by atoms with E-state index in [2.05, 4.69) is 15.5 Å². The van der Waals surface area contributed by atoms with E-state index in [4.69, 9.17) is 9.72 Å². The van der Waals surface area contributed by atoms with E-state index in [0.717, 1.165) is 58.9 Å². The highest BCUT2D eigenvalue weighted by Crippen LogP contribution is 2.25. The van der Waals surface area contributed by atoms with Gasteiger partial charge in [0.25, 0.3) is 0 Å². The number of carbonyl (C=O) groups is 1. The van der Waals surface area contributed by atoms with Crippen LogP contribution in [0.25, 0.3) is 16.7 Å². The third-order valence-electron chi connectivity index (χ3n) is 5.07. The lowest BCUT2D eigenvalue weighted by atomic mass is 10.1. The molecule has 8 heteroatoms. The van der Waals surface area contributed by atoms with Gasteiger partial charge in [-0.1, -0.05) is 12.5 Å². The molecule has 4 aromatic rings. The van der Waals surface area contributed by atoms with Gasteiger partial charge in [0.05, 0.1) is 18.1 Å². The Balaban J connectivity index is 1.35. The van der Waals surface area contributed by atoms with Crippen molar-refractivity contribution in [2.75, 3.05) is 19.0 Å². The first-order valence-corrected chi connectivity index (χ1v) is 11.0. The molecule has 30 heavy (non-hydrogen) atoms. The van der Waals surface area contributed by atoms with Crippen molar-refractivity contribution < 1.29 is 9.53 Å². The van der Waals surface area contributed by atoms with E-state index >= 15 is 0 Å². The minimum atomic E-state index is 0.316. The Bertz CT molecular complexity index is 1150. The monoisotopic (exact) mass is 423 g/mol. The first-order chi connectivity index (χ1) is 14.7. The number of fused-ring (bicyclic) bond motifs is 3. The van der Waals surface area contributed by atoms with Crippen LogP contribution in [-0.2, 0) is 11.2 Å². The smallest absolute Gasteiger partial charge is 0.204 e. The number of rotatable bonds is 10. The molecule has 0 unspecified atom stereocenters. The van der Waals surface area contributed by atoms with E-state index in [1.807, 2.05) is 47.0 Å². The van der Waals surface area contributed by atoms with Crippen LogP contribution >= 0.6 is 11.3 Å². The number of nitrogens with one attached hydrogen (secondary N) is 1. The lowest BCUT2D eigenvalue weighted by molar-refractivity contribution is -0.118. The molecule has 0 bridgehead atoms. The first-order valence-electron chi connectivity index (χ1n) is 10.1. The SMILES string of the molecule is COc1ccc2c(c1)nc(NCCCCCC(=O)Cc1cccs1)c1nnc(C)n12. The molecule has 3 heterocycles. The van der Waals surface area contributed by atoms with Crippen LogP contribution in [0.4, 0.5) is 5.82 Å². The van der Waals surface area contributed by atoms with Crippen molar-refractivity contribution in [1.82, 2.24) is 19.6 Å². The fourth-order valence-corrected chi connectivity index (χ4v) is 4.26. The Morgan fingerprint density at radius 1 is 1.20 bits per heavy atom. The summed E-state index contributed by atoms with van der Waals surface area (Å²) in [5, 5.41) is 13.9. The van der Waals surface area contributed by atoms with Gasteiger partial charge in [0, 0.05) is 30.3 Å². The molecule has 0 radical (unpaired) electrons. The molecular formula is C22H25N5O2S. The van der Waals surface area contributed by atoms with Crippen LogP contribution in [0.1, 0.15) is 36.4 Å². The van der Waals surface area contributed by atoms with Crippen molar-refractivity contribution in [2.45, 2.75) is 39.0 Å². The van der Waals surface area contributed by atoms with Crippen LogP contribution in [0.5, 0.6) is 5.75 Å². The number of methoxy groups -OCH3 is 1. The van der Waals surface area contributed by atoms with Crippen LogP contribution in [0, 0.1) is 6.92 Å². The summed E-state index contributed by atoms with van der Waals surface area (Å²) in [4.78, 5) is 17.9. The number of hydrogen-bond donors (Lipinski definition) is 1. The lowest BCUT2D eigenvalue weighted by Crippen LogP contribution is -2.07. The molecule has 4 rings (SSSR count). The minimum Gasteiger partial charge on any atom is -0.497 e. The van der Waals surface area contributed by atoms with Gasteiger partial charge < -0.3 is 10.1 Å². The Morgan fingerprint density at radius 2 is 2.10 bits per heavy atom. The number of hydrogen-bond acceptors (Lipinski definition) is 7. The number of thiophene rings is 1. The van der Waals surface area contributed by atoms with Crippen molar-refractivity contribution in [3.05, 3.63) is 46.4 Å². The average molecular weight is 424 g/mol. The predicted molar refractivity (Wildman–Crippen MR) is 120 cm³/mol. The number of anilines is 1. The maximum Gasteiger partial charge on any atom is 0.204 e. The third kappa shape index (κ3) is 4.43. The summed E-state index contributed by atoms with van der Waals surface area (Å²) in [7, 11) is 1.65. The highest BCUT2D eigenvalue weighted by Gasteiger charge is 2.13. The molecule has 0 amide bonds. The Kier molecular flexibility index (Phi) is 6.23. The van der Waals surface area contributed by atoms with Gasteiger partial charge in [-0.3, -0.25) is 9.20 Å². The average Bonchev–Trinajstić information content (AvgIpc) is 3.40. The van der Waals surface area contributed by atoms with Crippen LogP contribution in [0.3, 0.4) is 0 Å². The van der Waals surface area contributed by atoms with Crippen LogP contribution in [-0.4, -0.2) is 39.0 Å². The van der Waals surface area contributed by atoms with Gasteiger partial charge >= 0.3 is 0 Å². The number of carbonyl (C=O) groups excluding carboxylic acids is 1. The zero-order chi connectivity index (χ0) is 20.9. The van der Waals surface area contributed by atoms with Crippen molar-refractivity contribution in [2.24, 2.45) is 0 Å². The number of aryl methyl sites for hydroxylation is 1. The molecule has 0 aliphatic rings. The Hall–Kier alpha value is -3.00. The highest BCUT2D eigenvalue weighted by atomic mass is 32.1. The second-order valence-electron chi connectivity index (χ2n) is 7.25. The molecule has 0 aliphatic heterocycles. The van der Waals surface area contributed by atoms with E-state index in [0.29, 0.717) is 24.4 Å². The fourth-order valence-electron chi connectivity index (χ4n) is 3.53. The molecule has 3 aromatic heterocycles. The molecular weight excluding hydrogens is 398 g/mol. The zero-order valence-electron chi connectivity index (χ0n) is 17.2. The molecule has 0 spiro atoms. The number of benzene rings is 1. The zero-order valence-corrected chi connectivity index (χ0v) is 18.0. The van der Waals surface area contributed by atoms with Gasteiger partial charge in [-0.2, -0.15) is 0 Å². The molecule has 0 saturated heterocycles. The van der Waals surface area contributed by atoms with Gasteiger partial charge in [0.15, 0.2) is 5.82 Å². The van der Waals surface area contributed by atoms with Crippen molar-refractivity contribution in [1.29, 1.82) is 0 Å². The third-order valence-corrected chi connectivity index (χ3v) is 5.95. The summed E-state index contributed by atoms with van der Waals surface area (Å²) in [5.41, 5.74) is 2.49. The number of Topliss-reactive ketones (excluding diaryl/α,β-unsaturated/α-hetero) is 1. The number of nitrogens with zero attached hydrogens (tertiary/aromatic N) is 4. The number of ketones is 1. The normalized spacial score (nSPS) is 11.3. The summed E-state index contributed by atoms with van der Waals surface area (Å²) in [6.07, 6.45) is 4.06. The fraction of sp³-hybridized carbons (Fsp3) is 0.364. The van der Waals surface area contributed by atoms with Gasteiger partial charge in [0.2, 0.25) is 5.65 Å². The molecule has 7 nitrogen and oxygen atoms in total. The second kappa shape index (κ2) is 9.21. The van der Waals surface area contributed by atoms with Gasteiger partial charge in [-0.15, -0.1) is 21.5 Å². The summed E-state index contributed by atoms with van der Waals surface area (Å²) >= 11 is 1.64. The van der Waals surface area contributed by atoms with Gasteiger partial charge in [0.1, 0.15) is 17.4 Å². The maximum absolute atomic E-state index is 12.0. The lowest BCUT2D eigenvalue weighted by Gasteiger charge is -2.10. The van der Waals surface area contributed by atoms with E-state index in [1.165, 1.54) is 0 Å². The predicted octanol–water partition coefficient (Wildman–Crippen LogP) is 4.44. The number of ether oxygens (including phenoxy) is 1. The van der Waals surface area contributed by atoms with E-state index < -0.39 is 0 Å². The van der Waals surface area contributed by atoms with Crippen LogP contribution in [0.15, 0.2) is 35.7 Å². The van der Waals surface area contributed by atoms with E-state index in [-0.39, 0.29) is 0 Å².